The topological polar surface area (TPSA) is 51.0 Å². The van der Waals surface area contributed by atoms with Gasteiger partial charge in [-0.15, -0.1) is 5.10 Å². The highest BCUT2D eigenvalue weighted by Crippen LogP contribution is 2.26. The summed E-state index contributed by atoms with van der Waals surface area (Å²) in [5.41, 5.74) is 1.07. The Hall–Kier alpha value is -1.33. The number of hydrogen-bond donors (Lipinski definition) is 0. The molecule has 0 fully saturated rings. The van der Waals surface area contributed by atoms with Crippen LogP contribution in [0.2, 0.25) is 10.0 Å². The van der Waals surface area contributed by atoms with E-state index in [1.54, 1.807) is 26.2 Å². The van der Waals surface area contributed by atoms with Gasteiger partial charge in [-0.3, -0.25) is 0 Å². The highest BCUT2D eigenvalue weighted by Gasteiger charge is 2.15. The molecule has 0 unspecified atom stereocenters. The Kier molecular flexibility index (Phi) is 2.73. The number of fused-ring (bicyclic) bond motifs is 1. The second-order valence-electron chi connectivity index (χ2n) is 3.43. The van der Waals surface area contributed by atoms with Crippen LogP contribution in [0.4, 0.5) is 4.79 Å². The van der Waals surface area contributed by atoms with Crippen LogP contribution in [0.15, 0.2) is 12.1 Å². The second kappa shape index (κ2) is 3.92. The molecule has 0 aliphatic rings. The molecule has 2 aromatic rings. The molecule has 16 heavy (non-hydrogen) atoms. The van der Waals surface area contributed by atoms with Gasteiger partial charge in [0, 0.05) is 14.1 Å². The summed E-state index contributed by atoms with van der Waals surface area (Å²) in [7, 11) is 3.26. The molecule has 0 radical (unpaired) electrons. The summed E-state index contributed by atoms with van der Waals surface area (Å²) in [4.78, 5) is 13.1. The van der Waals surface area contributed by atoms with Crippen molar-refractivity contribution in [3.63, 3.8) is 0 Å². The van der Waals surface area contributed by atoms with E-state index >= 15 is 0 Å². The maximum absolute atomic E-state index is 11.7. The van der Waals surface area contributed by atoms with Gasteiger partial charge < -0.3 is 4.90 Å². The van der Waals surface area contributed by atoms with Crippen LogP contribution in [-0.2, 0) is 0 Å². The van der Waals surface area contributed by atoms with Crippen molar-refractivity contribution in [2.24, 2.45) is 0 Å². The molecule has 0 saturated heterocycles. The van der Waals surface area contributed by atoms with E-state index in [-0.39, 0.29) is 6.03 Å². The van der Waals surface area contributed by atoms with Gasteiger partial charge in [0.15, 0.2) is 0 Å². The first-order valence-electron chi connectivity index (χ1n) is 4.43. The normalized spacial score (nSPS) is 10.8. The van der Waals surface area contributed by atoms with E-state index in [1.165, 1.54) is 9.58 Å². The fourth-order valence-corrected chi connectivity index (χ4v) is 1.56. The molecule has 1 aromatic carbocycles. The van der Waals surface area contributed by atoms with Gasteiger partial charge in [-0.1, -0.05) is 28.4 Å². The number of benzene rings is 1. The van der Waals surface area contributed by atoms with Crippen molar-refractivity contribution < 1.29 is 4.79 Å². The predicted molar refractivity (Wildman–Crippen MR) is 62.0 cm³/mol. The quantitative estimate of drug-likeness (QED) is 0.729. The fourth-order valence-electron chi connectivity index (χ4n) is 1.25. The number of amides is 1. The Morgan fingerprint density at radius 1 is 1.31 bits per heavy atom. The van der Waals surface area contributed by atoms with Gasteiger partial charge in [0.1, 0.15) is 11.0 Å². The lowest BCUT2D eigenvalue weighted by Crippen LogP contribution is -2.28. The molecular formula is C9H8Cl2N4O. The van der Waals surface area contributed by atoms with Crippen LogP contribution >= 0.6 is 23.2 Å². The summed E-state index contributed by atoms with van der Waals surface area (Å²) in [6.45, 7) is 0. The molecule has 5 nitrogen and oxygen atoms in total. The Balaban J connectivity index is 2.65. The number of aromatic nitrogens is 3. The van der Waals surface area contributed by atoms with Crippen molar-refractivity contribution in [2.45, 2.75) is 0 Å². The van der Waals surface area contributed by atoms with Gasteiger partial charge in [-0.25, -0.2) is 4.79 Å². The standard InChI is InChI=1S/C9H8Cl2N4O/c1-14(2)9(16)15-8-4-6(11)5(10)3-7(8)12-13-15/h3-4H,1-2H3. The third-order valence-corrected chi connectivity index (χ3v) is 2.77. The molecule has 0 aliphatic carbocycles. The largest absolute Gasteiger partial charge is 0.346 e. The Morgan fingerprint density at radius 2 is 1.94 bits per heavy atom. The van der Waals surface area contributed by atoms with Crippen LogP contribution in [0.1, 0.15) is 0 Å². The van der Waals surface area contributed by atoms with E-state index in [9.17, 15) is 4.79 Å². The molecule has 0 spiro atoms. The number of hydrogen-bond acceptors (Lipinski definition) is 3. The summed E-state index contributed by atoms with van der Waals surface area (Å²) in [5.74, 6) is 0. The van der Waals surface area contributed by atoms with E-state index < -0.39 is 0 Å². The second-order valence-corrected chi connectivity index (χ2v) is 4.25. The lowest BCUT2D eigenvalue weighted by molar-refractivity contribution is 0.216. The molecule has 1 heterocycles. The van der Waals surface area contributed by atoms with Crippen LogP contribution in [0, 0.1) is 0 Å². The molecule has 84 valence electrons. The highest BCUT2D eigenvalue weighted by molar-refractivity contribution is 6.42. The van der Waals surface area contributed by atoms with E-state index in [0.29, 0.717) is 21.1 Å². The van der Waals surface area contributed by atoms with Crippen molar-refractivity contribution >= 4 is 40.3 Å². The van der Waals surface area contributed by atoms with E-state index in [2.05, 4.69) is 10.3 Å². The zero-order chi connectivity index (χ0) is 11.9. The molecule has 1 amide bonds. The van der Waals surface area contributed by atoms with Crippen molar-refractivity contribution in [2.75, 3.05) is 14.1 Å². The maximum atomic E-state index is 11.7. The monoisotopic (exact) mass is 258 g/mol. The Morgan fingerprint density at radius 3 is 2.56 bits per heavy atom. The number of carbonyl (C=O) groups excluding carboxylic acids is 1. The van der Waals surface area contributed by atoms with E-state index in [0.717, 1.165) is 0 Å². The first-order chi connectivity index (χ1) is 7.50. The number of nitrogens with zero attached hydrogens (tertiary/aromatic N) is 4. The molecule has 0 bridgehead atoms. The average Bonchev–Trinajstić information content (AvgIpc) is 2.60. The predicted octanol–water partition coefficient (Wildman–Crippen LogP) is 2.27. The first-order valence-corrected chi connectivity index (χ1v) is 5.18. The van der Waals surface area contributed by atoms with Gasteiger partial charge in [0.05, 0.1) is 10.0 Å². The zero-order valence-electron chi connectivity index (χ0n) is 8.61. The molecule has 0 saturated carbocycles. The minimum atomic E-state index is -0.291. The molecule has 0 N–H and O–H groups in total. The lowest BCUT2D eigenvalue weighted by Gasteiger charge is -2.09. The summed E-state index contributed by atoms with van der Waals surface area (Å²) in [5, 5.41) is 8.36. The summed E-state index contributed by atoms with van der Waals surface area (Å²) in [6, 6.07) is 2.85. The lowest BCUT2D eigenvalue weighted by atomic mass is 10.3. The Labute approximate surface area is 102 Å². The smallest absolute Gasteiger partial charge is 0.329 e. The molecule has 7 heteroatoms. The van der Waals surface area contributed by atoms with Crippen molar-refractivity contribution in [3.8, 4) is 0 Å². The fraction of sp³-hybridized carbons (Fsp3) is 0.222. The average molecular weight is 259 g/mol. The van der Waals surface area contributed by atoms with Gasteiger partial charge in [-0.05, 0) is 12.1 Å². The van der Waals surface area contributed by atoms with Crippen LogP contribution in [0.5, 0.6) is 0 Å². The first kappa shape index (κ1) is 11.2. The van der Waals surface area contributed by atoms with Crippen LogP contribution in [0.25, 0.3) is 11.0 Å². The van der Waals surface area contributed by atoms with E-state index in [1.807, 2.05) is 0 Å². The van der Waals surface area contributed by atoms with Crippen LogP contribution in [-0.4, -0.2) is 40.0 Å². The van der Waals surface area contributed by atoms with Crippen LogP contribution < -0.4 is 0 Å². The zero-order valence-corrected chi connectivity index (χ0v) is 10.1. The van der Waals surface area contributed by atoms with Crippen molar-refractivity contribution in [1.29, 1.82) is 0 Å². The summed E-state index contributed by atoms with van der Waals surface area (Å²) >= 11 is 11.7. The summed E-state index contributed by atoms with van der Waals surface area (Å²) in [6.07, 6.45) is 0. The molecular weight excluding hydrogens is 251 g/mol. The van der Waals surface area contributed by atoms with E-state index in [4.69, 9.17) is 23.2 Å². The number of rotatable bonds is 0. The van der Waals surface area contributed by atoms with Gasteiger partial charge in [0.2, 0.25) is 0 Å². The van der Waals surface area contributed by atoms with Gasteiger partial charge in [0.25, 0.3) is 0 Å². The molecule has 2 rings (SSSR count). The van der Waals surface area contributed by atoms with Crippen molar-refractivity contribution in [1.82, 2.24) is 19.9 Å². The third kappa shape index (κ3) is 1.72. The minimum absolute atomic E-state index is 0.291. The van der Waals surface area contributed by atoms with Crippen LogP contribution in [0.3, 0.4) is 0 Å². The number of halogens is 2. The van der Waals surface area contributed by atoms with Crippen molar-refractivity contribution in [3.05, 3.63) is 22.2 Å². The molecule has 0 aliphatic heterocycles. The highest BCUT2D eigenvalue weighted by atomic mass is 35.5. The third-order valence-electron chi connectivity index (χ3n) is 2.05. The SMILES string of the molecule is CN(C)C(=O)n1nnc2cc(Cl)c(Cl)cc21. The summed E-state index contributed by atoms with van der Waals surface area (Å²) < 4.78 is 1.18. The minimum Gasteiger partial charge on any atom is -0.329 e. The van der Waals surface area contributed by atoms with Gasteiger partial charge >= 0.3 is 6.03 Å². The maximum Gasteiger partial charge on any atom is 0.346 e. The molecule has 1 aromatic heterocycles. The van der Waals surface area contributed by atoms with Gasteiger partial charge in [-0.2, -0.15) is 4.68 Å². The Bertz CT molecular complexity index is 564. The molecule has 0 atom stereocenters. The number of carbonyl (C=O) groups is 1.